The van der Waals surface area contributed by atoms with Crippen LogP contribution in [0, 0.1) is 5.92 Å². The molecule has 5 atom stereocenters. The number of aldehydes is 1. The van der Waals surface area contributed by atoms with Crippen molar-refractivity contribution in [1.29, 1.82) is 0 Å². The zero-order valence-electron chi connectivity index (χ0n) is 15.0. The van der Waals surface area contributed by atoms with Gasteiger partial charge in [0.2, 0.25) is 5.91 Å². The molecule has 0 aliphatic carbocycles. The molecule has 0 radical (unpaired) electrons. The zero-order valence-corrected chi connectivity index (χ0v) is 15.0. The zero-order chi connectivity index (χ0) is 17.4. The fourth-order valence-electron chi connectivity index (χ4n) is 4.33. The number of nitrogens with zero attached hydrogens (tertiary/aromatic N) is 1. The van der Waals surface area contributed by atoms with Crippen molar-refractivity contribution in [2.75, 3.05) is 13.2 Å². The number of fused-ring (bicyclic) bond motifs is 3. The van der Waals surface area contributed by atoms with E-state index < -0.39 is 17.4 Å². The summed E-state index contributed by atoms with van der Waals surface area (Å²) in [5.41, 5.74) is -1.89. The Hall–Kier alpha value is -0.980. The second-order valence-electron chi connectivity index (χ2n) is 7.33. The molecule has 3 aliphatic rings. The number of ether oxygens (including phenoxy) is 3. The summed E-state index contributed by atoms with van der Waals surface area (Å²) >= 11 is 0. The van der Waals surface area contributed by atoms with E-state index in [0.29, 0.717) is 13.0 Å². The predicted molar refractivity (Wildman–Crippen MR) is 87.2 cm³/mol. The Morgan fingerprint density at radius 1 is 1.33 bits per heavy atom. The maximum Gasteiger partial charge on any atom is 0.231 e. The molecule has 6 heteroatoms. The van der Waals surface area contributed by atoms with Crippen LogP contribution in [0.5, 0.6) is 0 Å². The molecule has 3 fully saturated rings. The molecule has 3 aliphatic heterocycles. The molecule has 0 aromatic rings. The van der Waals surface area contributed by atoms with Crippen LogP contribution in [0.2, 0.25) is 0 Å². The minimum atomic E-state index is -1.02. The summed E-state index contributed by atoms with van der Waals surface area (Å²) < 4.78 is 17.8. The molecule has 0 aromatic heterocycles. The van der Waals surface area contributed by atoms with Crippen molar-refractivity contribution in [3.05, 3.63) is 0 Å². The van der Waals surface area contributed by atoms with Gasteiger partial charge < -0.3 is 19.0 Å². The van der Waals surface area contributed by atoms with Crippen molar-refractivity contribution in [1.82, 2.24) is 4.90 Å². The highest BCUT2D eigenvalue weighted by atomic mass is 16.7. The number of carbonyl (C=O) groups excluding carboxylic acids is 2. The summed E-state index contributed by atoms with van der Waals surface area (Å²) in [4.78, 5) is 26.8. The van der Waals surface area contributed by atoms with E-state index in [1.54, 1.807) is 4.90 Å². The lowest BCUT2D eigenvalue weighted by molar-refractivity contribution is -0.190. The van der Waals surface area contributed by atoms with Crippen LogP contribution in [-0.4, -0.2) is 54.0 Å². The van der Waals surface area contributed by atoms with Crippen molar-refractivity contribution >= 4 is 12.2 Å². The van der Waals surface area contributed by atoms with Gasteiger partial charge in [0.1, 0.15) is 11.8 Å². The molecule has 0 saturated carbocycles. The van der Waals surface area contributed by atoms with Gasteiger partial charge >= 0.3 is 0 Å². The average Bonchev–Trinajstić information content (AvgIpc) is 3.16. The van der Waals surface area contributed by atoms with Gasteiger partial charge in [0.05, 0.1) is 12.5 Å². The maximum absolute atomic E-state index is 13.0. The van der Waals surface area contributed by atoms with Gasteiger partial charge in [-0.15, -0.1) is 0 Å². The van der Waals surface area contributed by atoms with Crippen LogP contribution in [-0.2, 0) is 23.8 Å². The van der Waals surface area contributed by atoms with E-state index in [1.165, 1.54) is 0 Å². The standard InChI is InChI=1S/C18H29NO5/c1-4-6-8-14-19-16(21)13-10-15(22-9-7-5-2)24-17(13,3)18(19,11-20)12-23-14/h11,13-15H,4-10,12H2,1-3H3/t13-,14-,15+,17-,18-/m0/s1. The van der Waals surface area contributed by atoms with E-state index in [-0.39, 0.29) is 24.7 Å². The lowest BCUT2D eigenvalue weighted by Crippen LogP contribution is -2.59. The Kier molecular flexibility index (Phi) is 5.00. The van der Waals surface area contributed by atoms with Crippen molar-refractivity contribution < 1.29 is 23.8 Å². The lowest BCUT2D eigenvalue weighted by Gasteiger charge is -2.38. The number of rotatable bonds is 8. The Bertz CT molecular complexity index is 498. The van der Waals surface area contributed by atoms with Crippen molar-refractivity contribution in [2.45, 2.75) is 83.0 Å². The minimum absolute atomic E-state index is 0.0233. The molecule has 0 bridgehead atoms. The Labute approximate surface area is 143 Å². The van der Waals surface area contributed by atoms with Crippen molar-refractivity contribution in [3.8, 4) is 0 Å². The van der Waals surface area contributed by atoms with E-state index in [1.807, 2.05) is 6.92 Å². The fraction of sp³-hybridized carbons (Fsp3) is 0.889. The monoisotopic (exact) mass is 339 g/mol. The highest BCUT2D eigenvalue weighted by Gasteiger charge is 2.74. The van der Waals surface area contributed by atoms with E-state index >= 15 is 0 Å². The second kappa shape index (κ2) is 6.73. The van der Waals surface area contributed by atoms with Crippen LogP contribution >= 0.6 is 0 Å². The van der Waals surface area contributed by atoms with Crippen molar-refractivity contribution in [3.63, 3.8) is 0 Å². The highest BCUT2D eigenvalue weighted by Crippen LogP contribution is 2.55. The molecule has 3 heterocycles. The van der Waals surface area contributed by atoms with Gasteiger partial charge in [-0.3, -0.25) is 9.69 Å². The molecule has 1 amide bonds. The summed E-state index contributed by atoms with van der Waals surface area (Å²) in [7, 11) is 0. The van der Waals surface area contributed by atoms with Crippen LogP contribution in [0.25, 0.3) is 0 Å². The predicted octanol–water partition coefficient (Wildman–Crippen LogP) is 2.25. The Morgan fingerprint density at radius 3 is 2.75 bits per heavy atom. The SMILES string of the molecule is CCCCO[C@H]1C[C@H]2C(=O)N3[C@H](CCCC)OC[C@@]3(C=O)[C@@]2(C)O1. The fourth-order valence-corrected chi connectivity index (χ4v) is 4.33. The van der Waals surface area contributed by atoms with E-state index in [9.17, 15) is 9.59 Å². The Balaban J connectivity index is 1.80. The molecule has 0 aromatic carbocycles. The second-order valence-corrected chi connectivity index (χ2v) is 7.33. The molecular formula is C18H29NO5. The quantitative estimate of drug-likeness (QED) is 0.501. The smallest absolute Gasteiger partial charge is 0.231 e. The highest BCUT2D eigenvalue weighted by molar-refractivity contribution is 5.92. The summed E-state index contributed by atoms with van der Waals surface area (Å²) in [6.45, 7) is 6.91. The Morgan fingerprint density at radius 2 is 2.08 bits per heavy atom. The van der Waals surface area contributed by atoms with Gasteiger partial charge in [0.25, 0.3) is 0 Å². The molecule has 3 saturated heterocycles. The first-order valence-corrected chi connectivity index (χ1v) is 9.24. The minimum Gasteiger partial charge on any atom is -0.355 e. The molecule has 0 N–H and O–H groups in total. The van der Waals surface area contributed by atoms with Gasteiger partial charge in [-0.1, -0.05) is 26.7 Å². The van der Waals surface area contributed by atoms with Gasteiger partial charge in [0.15, 0.2) is 18.1 Å². The largest absolute Gasteiger partial charge is 0.355 e. The first-order valence-electron chi connectivity index (χ1n) is 9.24. The lowest BCUT2D eigenvalue weighted by atomic mass is 9.78. The van der Waals surface area contributed by atoms with E-state index in [2.05, 4.69) is 13.8 Å². The van der Waals surface area contributed by atoms with E-state index in [4.69, 9.17) is 14.2 Å². The topological polar surface area (TPSA) is 65.1 Å². The molecule has 6 nitrogen and oxygen atoms in total. The number of hydrogen-bond acceptors (Lipinski definition) is 5. The van der Waals surface area contributed by atoms with Gasteiger partial charge in [-0.05, 0) is 26.2 Å². The summed E-state index contributed by atoms with van der Waals surface area (Å²) in [5.74, 6) is -0.354. The third kappa shape index (κ3) is 2.42. The molecule has 0 unspecified atom stereocenters. The van der Waals surface area contributed by atoms with Gasteiger partial charge in [-0.25, -0.2) is 0 Å². The number of carbonyl (C=O) groups is 2. The summed E-state index contributed by atoms with van der Waals surface area (Å²) in [6.07, 6.45) is 5.42. The van der Waals surface area contributed by atoms with E-state index in [0.717, 1.165) is 38.4 Å². The third-order valence-electron chi connectivity index (χ3n) is 5.88. The first-order chi connectivity index (χ1) is 11.5. The molecule has 0 spiro atoms. The summed E-state index contributed by atoms with van der Waals surface area (Å²) in [5, 5.41) is 0. The van der Waals surface area contributed by atoms with Gasteiger partial charge in [-0.2, -0.15) is 0 Å². The molecular weight excluding hydrogens is 310 g/mol. The molecule has 24 heavy (non-hydrogen) atoms. The summed E-state index contributed by atoms with van der Waals surface area (Å²) in [6, 6.07) is 0. The van der Waals surface area contributed by atoms with Crippen LogP contribution in [0.4, 0.5) is 0 Å². The van der Waals surface area contributed by atoms with Crippen molar-refractivity contribution in [2.24, 2.45) is 5.92 Å². The number of amides is 1. The number of unbranched alkanes of at least 4 members (excludes halogenated alkanes) is 2. The first kappa shape index (κ1) is 17.8. The maximum atomic E-state index is 13.0. The van der Waals surface area contributed by atoms with Crippen LogP contribution in [0.3, 0.4) is 0 Å². The number of hydrogen-bond donors (Lipinski definition) is 0. The van der Waals surface area contributed by atoms with Crippen LogP contribution < -0.4 is 0 Å². The average molecular weight is 339 g/mol. The van der Waals surface area contributed by atoms with Crippen LogP contribution in [0.1, 0.15) is 59.3 Å². The molecule has 136 valence electrons. The van der Waals surface area contributed by atoms with Gasteiger partial charge in [0, 0.05) is 13.0 Å². The normalized spacial score (nSPS) is 40.9. The molecule has 3 rings (SSSR count). The third-order valence-corrected chi connectivity index (χ3v) is 5.88. The van der Waals surface area contributed by atoms with Crippen LogP contribution in [0.15, 0.2) is 0 Å².